The molecular weight excluding hydrogens is 298 g/mol. The number of aldehydes is 1. The molecule has 2 rings (SSSR count). The number of carbonyl (C=O) groups excluding carboxylic acids is 1. The fourth-order valence-corrected chi connectivity index (χ4v) is 2.14. The molecule has 3 N–H and O–H groups in total. The van der Waals surface area contributed by atoms with E-state index in [-0.39, 0.29) is 6.61 Å². The lowest BCUT2D eigenvalue weighted by atomic mass is 10.1. The standard InChI is InChI=1S/C12H17N3O4.2C2H6/c1-7-14-12(13-2)8(5-16)4-15(7)11-3-9(18)10(6-17)19-11;2*1-2/h4-5,9-11,17-18H,1,3,6H2,2H3,(H,13,14);2*1-2H3/t9-,10?,11-;;/m1../s1. The summed E-state index contributed by atoms with van der Waals surface area (Å²) in [6, 6.07) is 0. The van der Waals surface area contributed by atoms with Gasteiger partial charge in [-0.15, -0.1) is 0 Å². The van der Waals surface area contributed by atoms with Gasteiger partial charge in [0.05, 0.1) is 18.3 Å². The normalized spacial score (nSPS) is 28.0. The smallest absolute Gasteiger partial charge is 0.155 e. The molecular formula is C16H29N3O4. The number of nitrogens with one attached hydrogen (secondary N) is 1. The molecule has 0 aromatic carbocycles. The van der Waals surface area contributed by atoms with Crippen LogP contribution >= 0.6 is 0 Å². The van der Waals surface area contributed by atoms with Crippen LogP contribution in [0.3, 0.4) is 0 Å². The van der Waals surface area contributed by atoms with Gasteiger partial charge in [-0.05, 0) is 0 Å². The summed E-state index contributed by atoms with van der Waals surface area (Å²) < 4.78 is 5.52. The molecule has 132 valence electrons. The maximum Gasteiger partial charge on any atom is 0.155 e. The number of amidine groups is 1. The second-order valence-corrected chi connectivity index (χ2v) is 4.37. The van der Waals surface area contributed by atoms with Gasteiger partial charge in [0.2, 0.25) is 0 Å². The molecule has 2 aliphatic heterocycles. The van der Waals surface area contributed by atoms with Gasteiger partial charge in [-0.1, -0.05) is 34.3 Å². The molecule has 3 atom stereocenters. The van der Waals surface area contributed by atoms with Crippen LogP contribution in [0.2, 0.25) is 0 Å². The van der Waals surface area contributed by atoms with Gasteiger partial charge in [0.25, 0.3) is 0 Å². The van der Waals surface area contributed by atoms with Crippen LogP contribution in [0.1, 0.15) is 34.1 Å². The summed E-state index contributed by atoms with van der Waals surface area (Å²) in [5.74, 6) is 0.940. The molecule has 0 bridgehead atoms. The van der Waals surface area contributed by atoms with Gasteiger partial charge in [-0.2, -0.15) is 0 Å². The summed E-state index contributed by atoms with van der Waals surface area (Å²) in [7, 11) is 1.57. The second-order valence-electron chi connectivity index (χ2n) is 4.37. The van der Waals surface area contributed by atoms with E-state index in [1.54, 1.807) is 18.1 Å². The third-order valence-corrected chi connectivity index (χ3v) is 3.17. The number of aliphatic hydroxyl groups excluding tert-OH is 2. The Bertz CT molecular complexity index is 449. The molecule has 1 unspecified atom stereocenters. The monoisotopic (exact) mass is 327 g/mol. The number of nitrogens with zero attached hydrogens (tertiary/aromatic N) is 2. The SMILES string of the molecule is C=C1NC(=NC)C(C=O)=CN1[C@H]1C[C@@H](O)C(CO)O1.CC.CC. The molecule has 1 saturated heterocycles. The number of aliphatic hydroxyl groups is 2. The summed E-state index contributed by atoms with van der Waals surface area (Å²) in [5.41, 5.74) is 0.375. The zero-order chi connectivity index (χ0) is 18.0. The number of aliphatic imine (C=N–C) groups is 1. The topological polar surface area (TPSA) is 94.4 Å². The van der Waals surface area contributed by atoms with Crippen molar-refractivity contribution in [2.24, 2.45) is 4.99 Å². The number of rotatable bonds is 3. The van der Waals surface area contributed by atoms with Crippen molar-refractivity contribution in [2.75, 3.05) is 13.7 Å². The predicted molar refractivity (Wildman–Crippen MR) is 90.7 cm³/mol. The summed E-state index contributed by atoms with van der Waals surface area (Å²) in [4.78, 5) is 16.6. The number of ether oxygens (including phenoxy) is 1. The number of carbonyl (C=O) groups is 1. The van der Waals surface area contributed by atoms with E-state index in [9.17, 15) is 9.90 Å². The van der Waals surface area contributed by atoms with Crippen LogP contribution < -0.4 is 5.32 Å². The van der Waals surface area contributed by atoms with Crippen LogP contribution in [0.5, 0.6) is 0 Å². The third-order valence-electron chi connectivity index (χ3n) is 3.17. The lowest BCUT2D eigenvalue weighted by molar-refractivity contribution is -0.104. The molecule has 0 aromatic heterocycles. The molecule has 2 heterocycles. The molecule has 2 aliphatic rings. The summed E-state index contributed by atoms with van der Waals surface area (Å²) in [5, 5.41) is 21.7. The van der Waals surface area contributed by atoms with Crippen molar-refractivity contribution >= 4 is 12.1 Å². The van der Waals surface area contributed by atoms with E-state index in [1.165, 1.54) is 0 Å². The van der Waals surface area contributed by atoms with Gasteiger partial charge >= 0.3 is 0 Å². The molecule has 0 amide bonds. The van der Waals surface area contributed by atoms with E-state index < -0.39 is 18.4 Å². The minimum atomic E-state index is -0.739. The Kier molecular flexibility index (Phi) is 10.1. The Morgan fingerprint density at radius 1 is 1.48 bits per heavy atom. The largest absolute Gasteiger partial charge is 0.394 e. The fraction of sp³-hybridized carbons (Fsp3) is 0.625. The lowest BCUT2D eigenvalue weighted by Gasteiger charge is -2.33. The minimum absolute atomic E-state index is 0.253. The average Bonchev–Trinajstić information content (AvgIpc) is 2.98. The molecule has 7 nitrogen and oxygen atoms in total. The third kappa shape index (κ3) is 5.16. The van der Waals surface area contributed by atoms with Crippen LogP contribution in [0.15, 0.2) is 29.2 Å². The number of hydrogen-bond acceptors (Lipinski definition) is 6. The second kappa shape index (κ2) is 10.9. The lowest BCUT2D eigenvalue weighted by Crippen LogP contribution is -2.43. The van der Waals surface area contributed by atoms with Crippen molar-refractivity contribution in [1.29, 1.82) is 0 Å². The van der Waals surface area contributed by atoms with Crippen molar-refractivity contribution in [1.82, 2.24) is 10.2 Å². The maximum atomic E-state index is 11.0. The Balaban J connectivity index is 0.00000112. The molecule has 7 heteroatoms. The first-order valence-corrected chi connectivity index (χ1v) is 7.93. The van der Waals surface area contributed by atoms with Gasteiger partial charge in [0.1, 0.15) is 24.0 Å². The van der Waals surface area contributed by atoms with Crippen LogP contribution in [0.25, 0.3) is 0 Å². The van der Waals surface area contributed by atoms with E-state index in [0.717, 1.165) is 0 Å². The van der Waals surface area contributed by atoms with Crippen LogP contribution in [-0.2, 0) is 9.53 Å². The van der Waals surface area contributed by atoms with E-state index in [1.807, 2.05) is 27.7 Å². The van der Waals surface area contributed by atoms with Crippen molar-refractivity contribution in [3.63, 3.8) is 0 Å². The van der Waals surface area contributed by atoms with Gasteiger partial charge < -0.3 is 25.2 Å². The summed E-state index contributed by atoms with van der Waals surface area (Å²) in [6.07, 6.45) is 0.757. The van der Waals surface area contributed by atoms with E-state index in [2.05, 4.69) is 16.9 Å². The average molecular weight is 327 g/mol. The van der Waals surface area contributed by atoms with E-state index in [0.29, 0.717) is 29.9 Å². The molecule has 0 spiro atoms. The van der Waals surface area contributed by atoms with Crippen molar-refractivity contribution in [2.45, 2.75) is 52.6 Å². The highest BCUT2D eigenvalue weighted by Crippen LogP contribution is 2.27. The molecule has 0 aromatic rings. The van der Waals surface area contributed by atoms with Crippen LogP contribution in [-0.4, -0.2) is 59.3 Å². The molecule has 23 heavy (non-hydrogen) atoms. The highest BCUT2D eigenvalue weighted by molar-refractivity contribution is 6.14. The molecule has 0 radical (unpaired) electrons. The predicted octanol–water partition coefficient (Wildman–Crippen LogP) is 0.994. The molecule has 0 aliphatic carbocycles. The van der Waals surface area contributed by atoms with Crippen molar-refractivity contribution in [3.8, 4) is 0 Å². The first kappa shape index (κ1) is 21.3. The highest BCUT2D eigenvalue weighted by atomic mass is 16.5. The first-order chi connectivity index (χ1) is 11.1. The van der Waals surface area contributed by atoms with Crippen molar-refractivity contribution < 1.29 is 19.7 Å². The Morgan fingerprint density at radius 2 is 2.09 bits per heavy atom. The Labute approximate surface area is 138 Å². The number of hydrogen-bond donors (Lipinski definition) is 3. The van der Waals surface area contributed by atoms with E-state index >= 15 is 0 Å². The van der Waals surface area contributed by atoms with Crippen LogP contribution in [0.4, 0.5) is 0 Å². The quantitative estimate of drug-likeness (QED) is 0.669. The first-order valence-electron chi connectivity index (χ1n) is 7.93. The molecule has 1 fully saturated rings. The highest BCUT2D eigenvalue weighted by Gasteiger charge is 2.38. The van der Waals surface area contributed by atoms with Crippen molar-refractivity contribution in [3.05, 3.63) is 24.2 Å². The minimum Gasteiger partial charge on any atom is -0.394 e. The summed E-state index contributed by atoms with van der Waals surface area (Å²) in [6.45, 7) is 11.6. The molecule has 0 saturated carbocycles. The van der Waals surface area contributed by atoms with Gasteiger partial charge in [0, 0.05) is 19.7 Å². The van der Waals surface area contributed by atoms with Gasteiger partial charge in [-0.25, -0.2) is 0 Å². The summed E-state index contributed by atoms with van der Waals surface area (Å²) >= 11 is 0. The maximum absolute atomic E-state index is 11.0. The van der Waals surface area contributed by atoms with Gasteiger partial charge in [-0.3, -0.25) is 9.79 Å². The zero-order valence-electron chi connectivity index (χ0n) is 14.6. The Morgan fingerprint density at radius 3 is 2.52 bits per heavy atom. The van der Waals surface area contributed by atoms with E-state index in [4.69, 9.17) is 9.84 Å². The Hall–Kier alpha value is -1.70. The van der Waals surface area contributed by atoms with Gasteiger partial charge in [0.15, 0.2) is 6.29 Å². The fourth-order valence-electron chi connectivity index (χ4n) is 2.14. The zero-order valence-corrected chi connectivity index (χ0v) is 14.6. The van der Waals surface area contributed by atoms with Crippen LogP contribution in [0, 0.1) is 0 Å².